The average Bonchev–Trinajstić information content (AvgIpc) is 2.78. The van der Waals surface area contributed by atoms with Crippen molar-refractivity contribution in [3.8, 4) is 0 Å². The van der Waals surface area contributed by atoms with E-state index in [0.717, 1.165) is 12.8 Å². The zero-order valence-corrected chi connectivity index (χ0v) is 10.3. The van der Waals surface area contributed by atoms with Crippen molar-refractivity contribution in [3.63, 3.8) is 0 Å². The maximum atomic E-state index is 11.8. The second kappa shape index (κ2) is 5.49. The smallest absolute Gasteiger partial charge is 0.245 e. The van der Waals surface area contributed by atoms with Crippen LogP contribution in [0.4, 0.5) is 0 Å². The van der Waals surface area contributed by atoms with Crippen LogP contribution in [0.15, 0.2) is 0 Å². The number of nitrogens with one attached hydrogen (secondary N) is 1. The molecule has 1 saturated heterocycles. The van der Waals surface area contributed by atoms with Gasteiger partial charge in [0.05, 0.1) is 19.3 Å². The van der Waals surface area contributed by atoms with Crippen molar-refractivity contribution >= 4 is 11.8 Å². The number of carbonyl (C=O) groups is 2. The molecule has 0 radical (unpaired) electrons. The fraction of sp³-hybridized carbons (Fsp3) is 0.833. The summed E-state index contributed by atoms with van der Waals surface area (Å²) in [4.78, 5) is 24.6. The number of piperazine rings is 1. The lowest BCUT2D eigenvalue weighted by atomic mass is 10.2. The molecule has 2 rings (SSSR count). The molecule has 5 nitrogen and oxygen atoms in total. The first-order chi connectivity index (χ1) is 8.16. The minimum Gasteiger partial charge on any atom is -0.376 e. The van der Waals surface area contributed by atoms with E-state index in [1.165, 1.54) is 12.8 Å². The number of rotatable bonds is 4. The van der Waals surface area contributed by atoms with Crippen LogP contribution in [0.5, 0.6) is 0 Å². The first-order valence-corrected chi connectivity index (χ1v) is 6.36. The van der Waals surface area contributed by atoms with E-state index in [2.05, 4.69) is 5.32 Å². The molecule has 1 atom stereocenters. The van der Waals surface area contributed by atoms with Gasteiger partial charge < -0.3 is 15.0 Å². The Labute approximate surface area is 101 Å². The van der Waals surface area contributed by atoms with E-state index in [0.29, 0.717) is 19.3 Å². The molecule has 2 fully saturated rings. The van der Waals surface area contributed by atoms with Gasteiger partial charge in [0.25, 0.3) is 0 Å². The van der Waals surface area contributed by atoms with Gasteiger partial charge in [0, 0.05) is 6.54 Å². The fourth-order valence-electron chi connectivity index (χ4n) is 2.45. The van der Waals surface area contributed by atoms with Crippen LogP contribution in [0.25, 0.3) is 0 Å². The molecule has 1 unspecified atom stereocenters. The molecule has 1 aliphatic carbocycles. The molecule has 5 heteroatoms. The van der Waals surface area contributed by atoms with Crippen LogP contribution in [0.3, 0.4) is 0 Å². The Morgan fingerprint density at radius 2 is 2.06 bits per heavy atom. The van der Waals surface area contributed by atoms with Crippen LogP contribution >= 0.6 is 0 Å². The van der Waals surface area contributed by atoms with E-state index in [1.54, 1.807) is 11.8 Å². The van der Waals surface area contributed by atoms with Gasteiger partial charge in [-0.25, -0.2) is 0 Å². The molecule has 17 heavy (non-hydrogen) atoms. The zero-order chi connectivity index (χ0) is 12.3. The summed E-state index contributed by atoms with van der Waals surface area (Å²) in [7, 11) is 0. The second-order valence-electron chi connectivity index (χ2n) is 4.83. The quantitative estimate of drug-likeness (QED) is 0.768. The van der Waals surface area contributed by atoms with Crippen molar-refractivity contribution in [2.75, 3.05) is 19.7 Å². The van der Waals surface area contributed by atoms with Gasteiger partial charge in [-0.3, -0.25) is 9.59 Å². The van der Waals surface area contributed by atoms with Gasteiger partial charge >= 0.3 is 0 Å². The monoisotopic (exact) mass is 240 g/mol. The summed E-state index contributed by atoms with van der Waals surface area (Å²) in [5.74, 6) is -0.0995. The van der Waals surface area contributed by atoms with Crippen molar-refractivity contribution in [3.05, 3.63) is 0 Å². The molecule has 2 amide bonds. The maximum absolute atomic E-state index is 11.8. The van der Waals surface area contributed by atoms with Crippen LogP contribution in [0, 0.1) is 0 Å². The van der Waals surface area contributed by atoms with Gasteiger partial charge in [0.2, 0.25) is 11.8 Å². The Bertz CT molecular complexity index is 300. The Hall–Kier alpha value is -1.10. The van der Waals surface area contributed by atoms with Gasteiger partial charge in [-0.1, -0.05) is 12.8 Å². The third-order valence-corrected chi connectivity index (χ3v) is 3.41. The van der Waals surface area contributed by atoms with Gasteiger partial charge in [-0.05, 0) is 19.8 Å². The molecule has 1 heterocycles. The third-order valence-electron chi connectivity index (χ3n) is 3.41. The standard InChI is InChI=1S/C12H20N2O3/c1-9-12(16)14(8-11(15)13-9)6-7-17-10-4-2-3-5-10/h9-10H,2-8H2,1H3,(H,13,15). The summed E-state index contributed by atoms with van der Waals surface area (Å²) < 4.78 is 5.70. The lowest BCUT2D eigenvalue weighted by Gasteiger charge is -2.30. The first kappa shape index (κ1) is 12.4. The first-order valence-electron chi connectivity index (χ1n) is 6.36. The summed E-state index contributed by atoms with van der Waals surface area (Å²) >= 11 is 0. The Kier molecular flexibility index (Phi) is 3.99. The molecule has 2 aliphatic rings. The van der Waals surface area contributed by atoms with Crippen molar-refractivity contribution in [1.29, 1.82) is 0 Å². The maximum Gasteiger partial charge on any atom is 0.245 e. The average molecular weight is 240 g/mol. The molecule has 0 aromatic carbocycles. The number of nitrogens with zero attached hydrogens (tertiary/aromatic N) is 1. The van der Waals surface area contributed by atoms with E-state index < -0.39 is 6.04 Å². The van der Waals surface area contributed by atoms with E-state index in [1.807, 2.05) is 0 Å². The normalized spacial score (nSPS) is 26.4. The van der Waals surface area contributed by atoms with E-state index in [9.17, 15) is 9.59 Å². The highest BCUT2D eigenvalue weighted by atomic mass is 16.5. The van der Waals surface area contributed by atoms with Gasteiger partial charge in [-0.15, -0.1) is 0 Å². The summed E-state index contributed by atoms with van der Waals surface area (Å²) in [5.41, 5.74) is 0. The molecule has 0 spiro atoms. The molecule has 0 bridgehead atoms. The molecule has 1 aliphatic heterocycles. The lowest BCUT2D eigenvalue weighted by Crippen LogP contribution is -2.57. The highest BCUT2D eigenvalue weighted by Gasteiger charge is 2.29. The molecule has 1 saturated carbocycles. The largest absolute Gasteiger partial charge is 0.376 e. The van der Waals surface area contributed by atoms with Crippen LogP contribution in [-0.2, 0) is 14.3 Å². The topological polar surface area (TPSA) is 58.6 Å². The number of hydrogen-bond acceptors (Lipinski definition) is 3. The summed E-state index contributed by atoms with van der Waals surface area (Å²) in [5, 5.41) is 2.62. The van der Waals surface area contributed by atoms with Crippen LogP contribution in [0.2, 0.25) is 0 Å². The van der Waals surface area contributed by atoms with E-state index >= 15 is 0 Å². The number of ether oxygens (including phenoxy) is 1. The second-order valence-corrected chi connectivity index (χ2v) is 4.83. The van der Waals surface area contributed by atoms with E-state index in [-0.39, 0.29) is 18.4 Å². The fourth-order valence-corrected chi connectivity index (χ4v) is 2.45. The third kappa shape index (κ3) is 3.19. The van der Waals surface area contributed by atoms with Crippen molar-refractivity contribution < 1.29 is 14.3 Å². The van der Waals surface area contributed by atoms with E-state index in [4.69, 9.17) is 4.74 Å². The lowest BCUT2D eigenvalue weighted by molar-refractivity contribution is -0.144. The Morgan fingerprint density at radius 3 is 2.76 bits per heavy atom. The highest BCUT2D eigenvalue weighted by Crippen LogP contribution is 2.20. The van der Waals surface area contributed by atoms with Crippen LogP contribution in [-0.4, -0.2) is 48.6 Å². The number of amides is 2. The molecule has 0 aromatic heterocycles. The van der Waals surface area contributed by atoms with Gasteiger partial charge in [0.15, 0.2) is 0 Å². The predicted molar refractivity (Wildman–Crippen MR) is 62.4 cm³/mol. The Balaban J connectivity index is 1.73. The summed E-state index contributed by atoms with van der Waals surface area (Å²) in [6, 6.07) is -0.400. The van der Waals surface area contributed by atoms with Gasteiger partial charge in [0.1, 0.15) is 6.04 Å². The molecular formula is C12H20N2O3. The summed E-state index contributed by atoms with van der Waals surface area (Å²) in [6.45, 7) is 2.94. The summed E-state index contributed by atoms with van der Waals surface area (Å²) in [6.07, 6.45) is 5.11. The number of hydrogen-bond donors (Lipinski definition) is 1. The number of carbonyl (C=O) groups excluding carboxylic acids is 2. The van der Waals surface area contributed by atoms with Crippen LogP contribution in [0.1, 0.15) is 32.6 Å². The minimum absolute atomic E-state index is 0.0142. The Morgan fingerprint density at radius 1 is 1.35 bits per heavy atom. The van der Waals surface area contributed by atoms with Crippen LogP contribution < -0.4 is 5.32 Å². The molecule has 0 aromatic rings. The van der Waals surface area contributed by atoms with Gasteiger partial charge in [-0.2, -0.15) is 0 Å². The molecule has 1 N–H and O–H groups in total. The van der Waals surface area contributed by atoms with Crippen molar-refractivity contribution in [2.24, 2.45) is 0 Å². The zero-order valence-electron chi connectivity index (χ0n) is 10.3. The molecular weight excluding hydrogens is 220 g/mol. The van der Waals surface area contributed by atoms with Crippen molar-refractivity contribution in [2.45, 2.75) is 44.8 Å². The molecule has 96 valence electrons. The highest BCUT2D eigenvalue weighted by molar-refractivity contribution is 5.94. The predicted octanol–water partition coefficient (Wildman–Crippen LogP) is 0.292. The van der Waals surface area contributed by atoms with Crippen molar-refractivity contribution in [1.82, 2.24) is 10.2 Å². The minimum atomic E-state index is -0.400. The SMILES string of the molecule is CC1NC(=O)CN(CCOC2CCCC2)C1=O.